The first-order valence-corrected chi connectivity index (χ1v) is 5.15. The van der Waals surface area contributed by atoms with Gasteiger partial charge in [-0.2, -0.15) is 13.2 Å². The molecule has 0 amide bonds. The van der Waals surface area contributed by atoms with Gasteiger partial charge in [0.2, 0.25) is 0 Å². The van der Waals surface area contributed by atoms with Gasteiger partial charge in [-0.3, -0.25) is 9.80 Å². The minimum Gasteiger partial charge on any atom is -0.329 e. The van der Waals surface area contributed by atoms with Crippen LogP contribution in [0.25, 0.3) is 0 Å². The summed E-state index contributed by atoms with van der Waals surface area (Å²) >= 11 is 0. The summed E-state index contributed by atoms with van der Waals surface area (Å²) in [6, 6.07) is -0.0491. The molecular weight excluding hydrogens is 207 g/mol. The van der Waals surface area contributed by atoms with Crippen molar-refractivity contribution in [2.24, 2.45) is 5.73 Å². The molecule has 2 N–H and O–H groups in total. The Morgan fingerprint density at radius 2 is 2.00 bits per heavy atom. The van der Waals surface area contributed by atoms with Gasteiger partial charge in [-0.05, 0) is 6.92 Å². The Labute approximate surface area is 88.0 Å². The van der Waals surface area contributed by atoms with E-state index < -0.39 is 12.7 Å². The van der Waals surface area contributed by atoms with Crippen molar-refractivity contribution in [3.8, 4) is 0 Å². The monoisotopic (exact) mass is 225 g/mol. The van der Waals surface area contributed by atoms with Gasteiger partial charge in [0.05, 0.1) is 6.54 Å². The van der Waals surface area contributed by atoms with Crippen LogP contribution in [0.2, 0.25) is 0 Å². The van der Waals surface area contributed by atoms with Crippen LogP contribution < -0.4 is 5.73 Å². The molecule has 0 aromatic heterocycles. The molecule has 0 aromatic rings. The van der Waals surface area contributed by atoms with E-state index in [-0.39, 0.29) is 6.04 Å². The maximum absolute atomic E-state index is 12.2. The molecule has 0 aliphatic carbocycles. The Morgan fingerprint density at radius 3 is 2.47 bits per heavy atom. The van der Waals surface area contributed by atoms with Gasteiger partial charge in [0.15, 0.2) is 0 Å². The lowest BCUT2D eigenvalue weighted by atomic mass is 10.2. The molecule has 1 unspecified atom stereocenters. The predicted octanol–water partition coefficient (Wildman–Crippen LogP) is 0.514. The van der Waals surface area contributed by atoms with Crippen LogP contribution in [0, 0.1) is 0 Å². The van der Waals surface area contributed by atoms with Gasteiger partial charge in [0.25, 0.3) is 0 Å². The quantitative estimate of drug-likeness (QED) is 0.759. The molecule has 15 heavy (non-hydrogen) atoms. The average molecular weight is 225 g/mol. The highest BCUT2D eigenvalue weighted by molar-refractivity contribution is 4.80. The second-order valence-electron chi connectivity index (χ2n) is 4.02. The molecule has 0 aromatic carbocycles. The summed E-state index contributed by atoms with van der Waals surface area (Å²) < 4.78 is 36.6. The van der Waals surface area contributed by atoms with Gasteiger partial charge in [-0.15, -0.1) is 0 Å². The number of nitrogens with zero attached hydrogens (tertiary/aromatic N) is 2. The molecule has 0 bridgehead atoms. The summed E-state index contributed by atoms with van der Waals surface area (Å²) in [4.78, 5) is 3.59. The first-order chi connectivity index (χ1) is 6.92. The lowest BCUT2D eigenvalue weighted by Gasteiger charge is -2.39. The molecule has 1 rings (SSSR count). The second-order valence-corrected chi connectivity index (χ2v) is 4.02. The minimum absolute atomic E-state index is 0.0491. The van der Waals surface area contributed by atoms with E-state index in [0.29, 0.717) is 26.2 Å². The standard InChI is InChI=1S/C9H18F3N3/c1-8-6-14(3-2-13)4-5-15(8)7-9(10,11)12/h8H,2-7,13H2,1H3. The van der Waals surface area contributed by atoms with Gasteiger partial charge in [-0.25, -0.2) is 0 Å². The SMILES string of the molecule is CC1CN(CCN)CCN1CC(F)(F)F. The van der Waals surface area contributed by atoms with E-state index in [1.807, 2.05) is 6.92 Å². The van der Waals surface area contributed by atoms with Crippen LogP contribution in [0.3, 0.4) is 0 Å². The maximum Gasteiger partial charge on any atom is 0.401 e. The van der Waals surface area contributed by atoms with Crippen LogP contribution in [0.4, 0.5) is 13.2 Å². The number of halogens is 3. The van der Waals surface area contributed by atoms with E-state index >= 15 is 0 Å². The zero-order chi connectivity index (χ0) is 11.5. The fraction of sp³-hybridized carbons (Fsp3) is 1.00. The third kappa shape index (κ3) is 4.36. The van der Waals surface area contributed by atoms with E-state index in [9.17, 15) is 13.2 Å². The molecule has 0 radical (unpaired) electrons. The van der Waals surface area contributed by atoms with Gasteiger partial charge >= 0.3 is 6.18 Å². The van der Waals surface area contributed by atoms with Crippen molar-refractivity contribution >= 4 is 0 Å². The maximum atomic E-state index is 12.2. The topological polar surface area (TPSA) is 32.5 Å². The normalized spacial score (nSPS) is 25.8. The van der Waals surface area contributed by atoms with E-state index in [1.54, 1.807) is 0 Å². The molecule has 6 heteroatoms. The van der Waals surface area contributed by atoms with E-state index in [2.05, 4.69) is 4.90 Å². The van der Waals surface area contributed by atoms with Gasteiger partial charge < -0.3 is 5.73 Å². The minimum atomic E-state index is -4.09. The van der Waals surface area contributed by atoms with Crippen LogP contribution in [0.15, 0.2) is 0 Å². The van der Waals surface area contributed by atoms with E-state index in [1.165, 1.54) is 4.90 Å². The highest BCUT2D eigenvalue weighted by Crippen LogP contribution is 2.19. The zero-order valence-corrected chi connectivity index (χ0v) is 8.93. The third-order valence-corrected chi connectivity index (χ3v) is 2.68. The van der Waals surface area contributed by atoms with Crippen LogP contribution >= 0.6 is 0 Å². The van der Waals surface area contributed by atoms with Gasteiger partial charge in [0, 0.05) is 38.8 Å². The average Bonchev–Trinajstić information content (AvgIpc) is 2.08. The van der Waals surface area contributed by atoms with E-state index in [4.69, 9.17) is 5.73 Å². The third-order valence-electron chi connectivity index (χ3n) is 2.68. The van der Waals surface area contributed by atoms with Crippen molar-refractivity contribution in [2.75, 3.05) is 39.3 Å². The Kier molecular flexibility index (Phi) is 4.36. The molecule has 3 nitrogen and oxygen atoms in total. The predicted molar refractivity (Wildman–Crippen MR) is 52.6 cm³/mol. The van der Waals surface area contributed by atoms with Crippen LogP contribution in [0.1, 0.15) is 6.92 Å². The van der Waals surface area contributed by atoms with Crippen molar-refractivity contribution in [1.29, 1.82) is 0 Å². The highest BCUT2D eigenvalue weighted by atomic mass is 19.4. The molecule has 1 atom stereocenters. The number of alkyl halides is 3. The van der Waals surface area contributed by atoms with Crippen molar-refractivity contribution in [3.05, 3.63) is 0 Å². The molecule has 1 saturated heterocycles. The number of rotatable bonds is 3. The summed E-state index contributed by atoms with van der Waals surface area (Å²) in [6.07, 6.45) is -4.09. The lowest BCUT2D eigenvalue weighted by Crippen LogP contribution is -2.54. The number of hydrogen-bond acceptors (Lipinski definition) is 3. The molecular formula is C9H18F3N3. The number of nitrogens with two attached hydrogens (primary N) is 1. The molecule has 1 aliphatic rings. The Balaban J connectivity index is 2.39. The van der Waals surface area contributed by atoms with Gasteiger partial charge in [0.1, 0.15) is 0 Å². The first kappa shape index (κ1) is 12.7. The van der Waals surface area contributed by atoms with Crippen molar-refractivity contribution in [2.45, 2.75) is 19.1 Å². The Morgan fingerprint density at radius 1 is 1.33 bits per heavy atom. The molecule has 1 aliphatic heterocycles. The highest BCUT2D eigenvalue weighted by Gasteiger charge is 2.34. The lowest BCUT2D eigenvalue weighted by molar-refractivity contribution is -0.154. The van der Waals surface area contributed by atoms with E-state index in [0.717, 1.165) is 6.54 Å². The summed E-state index contributed by atoms with van der Waals surface area (Å²) in [6.45, 7) is 4.18. The van der Waals surface area contributed by atoms with Crippen molar-refractivity contribution in [1.82, 2.24) is 9.80 Å². The number of hydrogen-bond donors (Lipinski definition) is 1. The first-order valence-electron chi connectivity index (χ1n) is 5.15. The second kappa shape index (κ2) is 5.14. The zero-order valence-electron chi connectivity index (χ0n) is 8.93. The molecule has 0 spiro atoms. The summed E-state index contributed by atoms with van der Waals surface area (Å²) in [5.74, 6) is 0. The summed E-state index contributed by atoms with van der Waals surface area (Å²) in [5, 5.41) is 0. The summed E-state index contributed by atoms with van der Waals surface area (Å²) in [7, 11) is 0. The fourth-order valence-electron chi connectivity index (χ4n) is 1.92. The Bertz CT molecular complexity index is 196. The molecule has 90 valence electrons. The Hall–Kier alpha value is -0.330. The van der Waals surface area contributed by atoms with Crippen molar-refractivity contribution in [3.63, 3.8) is 0 Å². The van der Waals surface area contributed by atoms with Crippen LogP contribution in [0.5, 0.6) is 0 Å². The summed E-state index contributed by atoms with van der Waals surface area (Å²) in [5.41, 5.74) is 5.41. The number of piperazine rings is 1. The molecule has 1 fully saturated rings. The van der Waals surface area contributed by atoms with Crippen LogP contribution in [-0.2, 0) is 0 Å². The van der Waals surface area contributed by atoms with Crippen molar-refractivity contribution < 1.29 is 13.2 Å². The smallest absolute Gasteiger partial charge is 0.329 e. The fourth-order valence-corrected chi connectivity index (χ4v) is 1.92. The van der Waals surface area contributed by atoms with Crippen LogP contribution in [-0.4, -0.2) is 61.3 Å². The largest absolute Gasteiger partial charge is 0.401 e. The molecule has 1 heterocycles. The molecule has 0 saturated carbocycles. The van der Waals surface area contributed by atoms with Gasteiger partial charge in [-0.1, -0.05) is 0 Å².